The lowest BCUT2D eigenvalue weighted by molar-refractivity contribution is -0.127. The first-order valence-electron chi connectivity index (χ1n) is 8.68. The first-order valence-corrected chi connectivity index (χ1v) is 10.7. The third kappa shape index (κ3) is 5.42. The minimum absolute atomic E-state index is 0.0156. The van der Waals surface area contributed by atoms with Gasteiger partial charge in [-0.05, 0) is 29.3 Å². The van der Waals surface area contributed by atoms with Crippen LogP contribution in [-0.2, 0) is 20.6 Å². The van der Waals surface area contributed by atoms with Crippen LogP contribution in [0.25, 0.3) is 6.08 Å². The number of sulfonamides is 1. The molecule has 1 aliphatic rings. The maximum atomic E-state index is 12.6. The van der Waals surface area contributed by atoms with Crippen LogP contribution in [0.4, 0.5) is 0 Å². The minimum Gasteiger partial charge on any atom is -0.337 e. The summed E-state index contributed by atoms with van der Waals surface area (Å²) >= 11 is 5.84. The summed E-state index contributed by atoms with van der Waals surface area (Å²) in [6.45, 7) is 1.40. The molecular weight excluding hydrogens is 384 g/mol. The summed E-state index contributed by atoms with van der Waals surface area (Å²) in [7, 11) is -3.38. The van der Waals surface area contributed by atoms with Crippen molar-refractivity contribution in [1.82, 2.24) is 9.21 Å². The van der Waals surface area contributed by atoms with Gasteiger partial charge in [0, 0.05) is 37.3 Å². The highest BCUT2D eigenvalue weighted by atomic mass is 35.5. The Bertz CT molecular complexity index is 904. The summed E-state index contributed by atoms with van der Waals surface area (Å²) < 4.78 is 26.6. The van der Waals surface area contributed by atoms with E-state index in [4.69, 9.17) is 11.6 Å². The molecule has 142 valence electrons. The quantitative estimate of drug-likeness (QED) is 0.720. The van der Waals surface area contributed by atoms with Crippen molar-refractivity contribution in [1.29, 1.82) is 0 Å². The molecule has 0 aliphatic carbocycles. The van der Waals surface area contributed by atoms with E-state index < -0.39 is 10.0 Å². The summed E-state index contributed by atoms with van der Waals surface area (Å²) in [5.74, 6) is -0.136. The van der Waals surface area contributed by atoms with Gasteiger partial charge < -0.3 is 4.90 Å². The number of hydrogen-bond acceptors (Lipinski definition) is 3. The van der Waals surface area contributed by atoms with Crippen molar-refractivity contribution >= 4 is 33.6 Å². The lowest BCUT2D eigenvalue weighted by atomic mass is 10.2. The smallest absolute Gasteiger partial charge is 0.246 e. The van der Waals surface area contributed by atoms with Crippen molar-refractivity contribution in [2.75, 3.05) is 26.2 Å². The fourth-order valence-corrected chi connectivity index (χ4v) is 4.55. The van der Waals surface area contributed by atoms with E-state index in [2.05, 4.69) is 0 Å². The molecule has 27 heavy (non-hydrogen) atoms. The average molecular weight is 405 g/mol. The Morgan fingerprint density at radius 2 is 1.59 bits per heavy atom. The van der Waals surface area contributed by atoms with Crippen LogP contribution < -0.4 is 0 Å². The number of halogens is 1. The first kappa shape index (κ1) is 19.6. The second-order valence-electron chi connectivity index (χ2n) is 6.35. The maximum absolute atomic E-state index is 12.6. The lowest BCUT2D eigenvalue weighted by Gasteiger charge is -2.33. The van der Waals surface area contributed by atoms with Crippen LogP contribution in [0.1, 0.15) is 11.1 Å². The van der Waals surface area contributed by atoms with Crippen LogP contribution in [0.3, 0.4) is 0 Å². The molecule has 0 radical (unpaired) electrons. The Hall–Kier alpha value is -2.15. The molecule has 1 heterocycles. The van der Waals surface area contributed by atoms with Gasteiger partial charge in [-0.15, -0.1) is 0 Å². The fraction of sp³-hybridized carbons (Fsp3) is 0.250. The summed E-state index contributed by atoms with van der Waals surface area (Å²) in [5.41, 5.74) is 1.65. The number of carbonyl (C=O) groups excluding carboxylic acids is 1. The predicted octanol–water partition coefficient (Wildman–Crippen LogP) is 3.03. The van der Waals surface area contributed by atoms with Crippen LogP contribution in [0.15, 0.2) is 60.7 Å². The van der Waals surface area contributed by atoms with E-state index in [1.165, 1.54) is 10.4 Å². The molecule has 0 atom stereocenters. The molecule has 5 nitrogen and oxygen atoms in total. The van der Waals surface area contributed by atoms with Gasteiger partial charge in [0.15, 0.2) is 0 Å². The molecule has 0 spiro atoms. The highest BCUT2D eigenvalue weighted by molar-refractivity contribution is 7.88. The molecule has 1 saturated heterocycles. The Morgan fingerprint density at radius 1 is 0.963 bits per heavy atom. The van der Waals surface area contributed by atoms with Crippen LogP contribution in [0, 0.1) is 0 Å². The van der Waals surface area contributed by atoms with Crippen LogP contribution in [0.2, 0.25) is 5.02 Å². The van der Waals surface area contributed by atoms with Crippen LogP contribution >= 0.6 is 11.6 Å². The van der Waals surface area contributed by atoms with E-state index in [0.717, 1.165) is 11.1 Å². The standard InChI is InChI=1S/C20H21ClN2O3S/c21-19-9-6-17(7-10-19)8-11-20(24)22-12-14-23(15-13-22)27(25,26)16-18-4-2-1-3-5-18/h1-11H,12-16H2. The SMILES string of the molecule is O=C(C=Cc1ccc(Cl)cc1)N1CCN(S(=O)(=O)Cc2ccccc2)CC1. The second-order valence-corrected chi connectivity index (χ2v) is 8.76. The van der Waals surface area contributed by atoms with Crippen molar-refractivity contribution in [3.8, 4) is 0 Å². The summed E-state index contributed by atoms with van der Waals surface area (Å²) in [5, 5.41) is 0.645. The lowest BCUT2D eigenvalue weighted by Crippen LogP contribution is -2.50. The number of piperazine rings is 1. The topological polar surface area (TPSA) is 57.7 Å². The number of carbonyl (C=O) groups is 1. The molecule has 0 aromatic heterocycles. The zero-order chi connectivity index (χ0) is 19.3. The molecule has 3 rings (SSSR count). The van der Waals surface area contributed by atoms with Gasteiger partial charge in [-0.1, -0.05) is 54.1 Å². The third-order valence-electron chi connectivity index (χ3n) is 4.42. The van der Waals surface area contributed by atoms with Crippen LogP contribution in [0.5, 0.6) is 0 Å². The van der Waals surface area contributed by atoms with Crippen molar-refractivity contribution < 1.29 is 13.2 Å². The van der Waals surface area contributed by atoms with Gasteiger partial charge in [0.05, 0.1) is 5.75 Å². The third-order valence-corrected chi connectivity index (χ3v) is 6.53. The molecule has 0 saturated carbocycles. The van der Waals surface area contributed by atoms with E-state index in [-0.39, 0.29) is 11.7 Å². The highest BCUT2D eigenvalue weighted by Crippen LogP contribution is 2.15. The Balaban J connectivity index is 1.55. The van der Waals surface area contributed by atoms with Crippen molar-refractivity contribution in [2.24, 2.45) is 0 Å². The monoisotopic (exact) mass is 404 g/mol. The number of hydrogen-bond donors (Lipinski definition) is 0. The second kappa shape index (κ2) is 8.69. The Kier molecular flexibility index (Phi) is 6.31. The molecule has 1 fully saturated rings. The summed E-state index contributed by atoms with van der Waals surface area (Å²) in [6.07, 6.45) is 3.24. The van der Waals surface area contributed by atoms with E-state index in [1.807, 2.05) is 30.3 Å². The van der Waals surface area contributed by atoms with Gasteiger partial charge in [0.2, 0.25) is 15.9 Å². The molecule has 0 N–H and O–H groups in total. The summed E-state index contributed by atoms with van der Waals surface area (Å²) in [4.78, 5) is 14.0. The zero-order valence-corrected chi connectivity index (χ0v) is 16.4. The Morgan fingerprint density at radius 3 is 2.22 bits per heavy atom. The van der Waals surface area contributed by atoms with Gasteiger partial charge >= 0.3 is 0 Å². The molecule has 0 unspecified atom stereocenters. The van der Waals surface area contributed by atoms with Gasteiger partial charge in [0.1, 0.15) is 0 Å². The molecule has 7 heteroatoms. The highest BCUT2D eigenvalue weighted by Gasteiger charge is 2.28. The molecule has 1 amide bonds. The van der Waals surface area contributed by atoms with Gasteiger partial charge in [-0.25, -0.2) is 8.42 Å². The largest absolute Gasteiger partial charge is 0.337 e. The molecule has 2 aromatic rings. The van der Waals surface area contributed by atoms with E-state index in [9.17, 15) is 13.2 Å². The fourth-order valence-electron chi connectivity index (χ4n) is 2.91. The van der Waals surface area contributed by atoms with E-state index in [1.54, 1.807) is 35.2 Å². The number of nitrogens with zero attached hydrogens (tertiary/aromatic N) is 2. The number of benzene rings is 2. The van der Waals surface area contributed by atoms with Crippen molar-refractivity contribution in [3.63, 3.8) is 0 Å². The molecule has 2 aromatic carbocycles. The van der Waals surface area contributed by atoms with E-state index in [0.29, 0.717) is 31.2 Å². The first-order chi connectivity index (χ1) is 12.9. The van der Waals surface area contributed by atoms with Gasteiger partial charge in [0.25, 0.3) is 0 Å². The van der Waals surface area contributed by atoms with Crippen molar-refractivity contribution in [3.05, 3.63) is 76.8 Å². The number of rotatable bonds is 5. The van der Waals surface area contributed by atoms with Crippen LogP contribution in [-0.4, -0.2) is 49.7 Å². The minimum atomic E-state index is -3.38. The van der Waals surface area contributed by atoms with Crippen molar-refractivity contribution in [2.45, 2.75) is 5.75 Å². The normalized spacial score (nSPS) is 16.0. The maximum Gasteiger partial charge on any atom is 0.246 e. The van der Waals surface area contributed by atoms with Gasteiger partial charge in [-0.2, -0.15) is 4.31 Å². The molecule has 0 bridgehead atoms. The average Bonchev–Trinajstić information content (AvgIpc) is 2.68. The predicted molar refractivity (Wildman–Crippen MR) is 108 cm³/mol. The zero-order valence-electron chi connectivity index (χ0n) is 14.8. The van der Waals surface area contributed by atoms with E-state index >= 15 is 0 Å². The molecular formula is C20H21ClN2O3S. The van der Waals surface area contributed by atoms with Gasteiger partial charge in [-0.3, -0.25) is 4.79 Å². The Labute approximate surface area is 164 Å². The molecule has 1 aliphatic heterocycles. The summed E-state index contributed by atoms with van der Waals surface area (Å²) in [6, 6.07) is 16.3. The number of amides is 1.